The summed E-state index contributed by atoms with van der Waals surface area (Å²) in [5, 5.41) is 13.0. The zero-order valence-corrected chi connectivity index (χ0v) is 11.3. The molecule has 1 unspecified atom stereocenters. The molecule has 3 atom stereocenters. The van der Waals surface area contributed by atoms with Gasteiger partial charge < -0.3 is 14.7 Å². The first kappa shape index (κ1) is 15.2. The van der Waals surface area contributed by atoms with Crippen LogP contribution in [0.1, 0.15) is 20.8 Å². The molecule has 1 fully saturated rings. The second-order valence-electron chi connectivity index (χ2n) is 5.49. The summed E-state index contributed by atoms with van der Waals surface area (Å²) < 4.78 is 5.42. The largest absolute Gasteiger partial charge is 0.465 e. The standard InChI is InChI=1S/C12H18N4O3/c1-5-6-19-8-7-16(11(17)18)10(12(2,3)4)9(8)14-15-13/h1,8-10H,6-7H2,2-4H3,(H,17,18)/t8-,9+,10?/m0/s1. The first-order valence-corrected chi connectivity index (χ1v) is 5.91. The van der Waals surface area contributed by atoms with E-state index in [1.165, 1.54) is 4.90 Å². The molecule has 1 heterocycles. The average Bonchev–Trinajstić information content (AvgIpc) is 2.65. The molecule has 7 nitrogen and oxygen atoms in total. The van der Waals surface area contributed by atoms with Gasteiger partial charge >= 0.3 is 6.09 Å². The van der Waals surface area contributed by atoms with Gasteiger partial charge in [-0.15, -0.1) is 6.42 Å². The van der Waals surface area contributed by atoms with Crippen LogP contribution in [0.3, 0.4) is 0 Å². The van der Waals surface area contributed by atoms with Crippen molar-refractivity contribution < 1.29 is 14.6 Å². The minimum atomic E-state index is -1.05. The molecule has 0 aliphatic carbocycles. The van der Waals surface area contributed by atoms with E-state index in [-0.39, 0.29) is 18.6 Å². The number of amides is 1. The quantitative estimate of drug-likeness (QED) is 0.366. The zero-order chi connectivity index (χ0) is 14.6. The van der Waals surface area contributed by atoms with Gasteiger partial charge in [0, 0.05) is 4.91 Å². The van der Waals surface area contributed by atoms with E-state index in [0.29, 0.717) is 0 Å². The van der Waals surface area contributed by atoms with Gasteiger partial charge in [0.25, 0.3) is 0 Å². The summed E-state index contributed by atoms with van der Waals surface area (Å²) >= 11 is 0. The molecule has 1 N–H and O–H groups in total. The van der Waals surface area contributed by atoms with E-state index in [0.717, 1.165) is 0 Å². The number of rotatable bonds is 3. The molecule has 0 aromatic heterocycles. The molecule has 1 aliphatic rings. The van der Waals surface area contributed by atoms with Crippen molar-refractivity contribution in [2.24, 2.45) is 10.5 Å². The normalized spacial score (nSPS) is 26.6. The van der Waals surface area contributed by atoms with Crippen molar-refractivity contribution in [3.05, 3.63) is 10.4 Å². The van der Waals surface area contributed by atoms with Crippen LogP contribution in [0.15, 0.2) is 5.11 Å². The zero-order valence-electron chi connectivity index (χ0n) is 11.3. The van der Waals surface area contributed by atoms with Crippen molar-refractivity contribution in [3.8, 4) is 12.3 Å². The van der Waals surface area contributed by atoms with Crippen molar-refractivity contribution >= 4 is 6.09 Å². The summed E-state index contributed by atoms with van der Waals surface area (Å²) in [4.78, 5) is 15.4. The molecule has 1 saturated heterocycles. The van der Waals surface area contributed by atoms with Crippen LogP contribution in [-0.2, 0) is 4.74 Å². The van der Waals surface area contributed by atoms with Crippen molar-refractivity contribution in [1.82, 2.24) is 4.90 Å². The average molecular weight is 266 g/mol. The van der Waals surface area contributed by atoms with Crippen LogP contribution in [-0.4, -0.2) is 47.4 Å². The second-order valence-corrected chi connectivity index (χ2v) is 5.49. The first-order chi connectivity index (χ1) is 8.82. The Kier molecular flexibility index (Phi) is 4.65. The number of likely N-dealkylation sites (tertiary alicyclic amines) is 1. The number of nitrogens with zero attached hydrogens (tertiary/aromatic N) is 4. The van der Waals surface area contributed by atoms with E-state index >= 15 is 0 Å². The Labute approximate surface area is 112 Å². The number of carbonyl (C=O) groups is 1. The maximum absolute atomic E-state index is 11.3. The van der Waals surface area contributed by atoms with Crippen LogP contribution < -0.4 is 0 Å². The monoisotopic (exact) mass is 266 g/mol. The number of hydrogen-bond acceptors (Lipinski definition) is 3. The first-order valence-electron chi connectivity index (χ1n) is 5.91. The number of carboxylic acid groups (broad SMARTS) is 1. The lowest BCUT2D eigenvalue weighted by atomic mass is 9.82. The fourth-order valence-electron chi connectivity index (χ4n) is 2.48. The van der Waals surface area contributed by atoms with Crippen molar-refractivity contribution in [2.45, 2.75) is 39.0 Å². The summed E-state index contributed by atoms with van der Waals surface area (Å²) in [5.41, 5.74) is 8.31. The van der Waals surface area contributed by atoms with E-state index in [2.05, 4.69) is 15.9 Å². The maximum Gasteiger partial charge on any atom is 0.407 e. The molecule has 0 saturated carbocycles. The molecule has 1 rings (SSSR count). The predicted octanol–water partition coefficient (Wildman–Crippen LogP) is 2.09. The molecule has 1 aliphatic heterocycles. The van der Waals surface area contributed by atoms with E-state index < -0.39 is 24.3 Å². The number of ether oxygens (including phenoxy) is 1. The van der Waals surface area contributed by atoms with Gasteiger partial charge in [0.1, 0.15) is 6.61 Å². The number of azide groups is 1. The molecule has 104 valence electrons. The minimum absolute atomic E-state index is 0.0619. The summed E-state index contributed by atoms with van der Waals surface area (Å²) in [5.74, 6) is 2.33. The summed E-state index contributed by atoms with van der Waals surface area (Å²) in [6, 6.07) is -1.02. The Morgan fingerprint density at radius 3 is 2.74 bits per heavy atom. The maximum atomic E-state index is 11.3. The second kappa shape index (κ2) is 5.83. The third-order valence-corrected chi connectivity index (χ3v) is 3.12. The van der Waals surface area contributed by atoms with E-state index in [9.17, 15) is 9.90 Å². The highest BCUT2D eigenvalue weighted by atomic mass is 16.5. The fourth-order valence-corrected chi connectivity index (χ4v) is 2.48. The third-order valence-electron chi connectivity index (χ3n) is 3.12. The van der Waals surface area contributed by atoms with E-state index in [4.69, 9.17) is 16.7 Å². The Bertz CT molecular complexity index is 431. The summed E-state index contributed by atoms with van der Waals surface area (Å²) in [6.07, 6.45) is 3.57. The van der Waals surface area contributed by atoms with Crippen LogP contribution >= 0.6 is 0 Å². The van der Waals surface area contributed by atoms with Crippen molar-refractivity contribution in [1.29, 1.82) is 0 Å². The van der Waals surface area contributed by atoms with Crippen molar-refractivity contribution in [3.63, 3.8) is 0 Å². The molecule has 19 heavy (non-hydrogen) atoms. The number of terminal acetylenes is 1. The molecule has 0 radical (unpaired) electrons. The lowest BCUT2D eigenvalue weighted by molar-refractivity contribution is 0.0726. The predicted molar refractivity (Wildman–Crippen MR) is 69.5 cm³/mol. The Morgan fingerprint density at radius 1 is 1.68 bits per heavy atom. The molecule has 0 spiro atoms. The Morgan fingerprint density at radius 2 is 2.32 bits per heavy atom. The van der Waals surface area contributed by atoms with Crippen LogP contribution in [0.2, 0.25) is 0 Å². The fraction of sp³-hybridized carbons (Fsp3) is 0.750. The van der Waals surface area contributed by atoms with Gasteiger partial charge in [-0.25, -0.2) is 4.79 Å². The van der Waals surface area contributed by atoms with Gasteiger partial charge in [0.2, 0.25) is 0 Å². The number of hydrogen-bond donors (Lipinski definition) is 1. The van der Waals surface area contributed by atoms with Crippen LogP contribution in [0.25, 0.3) is 10.4 Å². The lowest BCUT2D eigenvalue weighted by Gasteiger charge is -2.35. The van der Waals surface area contributed by atoms with Gasteiger partial charge in [-0.05, 0) is 10.9 Å². The van der Waals surface area contributed by atoms with Gasteiger partial charge in [0.15, 0.2) is 0 Å². The molecule has 0 aromatic rings. The highest BCUT2D eigenvalue weighted by molar-refractivity contribution is 5.66. The van der Waals surface area contributed by atoms with Crippen LogP contribution in [0, 0.1) is 17.8 Å². The van der Waals surface area contributed by atoms with Gasteiger partial charge in [0.05, 0.1) is 24.7 Å². The van der Waals surface area contributed by atoms with Gasteiger partial charge in [-0.1, -0.05) is 31.8 Å². The molecule has 7 heteroatoms. The van der Waals surface area contributed by atoms with E-state index in [1.54, 1.807) is 0 Å². The highest BCUT2D eigenvalue weighted by Crippen LogP contribution is 2.36. The summed E-state index contributed by atoms with van der Waals surface area (Å²) in [7, 11) is 0. The minimum Gasteiger partial charge on any atom is -0.465 e. The van der Waals surface area contributed by atoms with E-state index in [1.807, 2.05) is 20.8 Å². The SMILES string of the molecule is C#CCO[C@H]1CN(C(=O)O)C(C(C)(C)C)[C@@H]1N=[N+]=[N-]. The molecule has 1 amide bonds. The molecule has 0 bridgehead atoms. The topological polar surface area (TPSA) is 98.5 Å². The molecule has 0 aromatic carbocycles. The highest BCUT2D eigenvalue weighted by Gasteiger charge is 2.49. The smallest absolute Gasteiger partial charge is 0.407 e. The molecular formula is C12H18N4O3. The van der Waals surface area contributed by atoms with Gasteiger partial charge in [-0.2, -0.15) is 0 Å². The van der Waals surface area contributed by atoms with Gasteiger partial charge in [-0.3, -0.25) is 0 Å². The Balaban J connectivity index is 3.09. The Hall–Kier alpha value is -1.90. The lowest BCUT2D eigenvalue weighted by Crippen LogP contribution is -2.47. The van der Waals surface area contributed by atoms with Crippen molar-refractivity contribution in [2.75, 3.05) is 13.2 Å². The third kappa shape index (κ3) is 3.31. The summed E-state index contributed by atoms with van der Waals surface area (Å²) in [6.45, 7) is 5.92. The molecular weight excluding hydrogens is 248 g/mol. The van der Waals surface area contributed by atoms with Crippen LogP contribution in [0.4, 0.5) is 4.79 Å². The van der Waals surface area contributed by atoms with Crippen LogP contribution in [0.5, 0.6) is 0 Å².